The van der Waals surface area contributed by atoms with Crippen LogP contribution >= 0.6 is 0 Å². The Morgan fingerprint density at radius 2 is 1.92 bits per heavy atom. The lowest BCUT2D eigenvalue weighted by Crippen LogP contribution is -2.46. The fourth-order valence-electron chi connectivity index (χ4n) is 4.03. The van der Waals surface area contributed by atoms with Crippen molar-refractivity contribution < 1.29 is 19.1 Å². The summed E-state index contributed by atoms with van der Waals surface area (Å²) in [5.74, 6) is -1.21. The highest BCUT2D eigenvalue weighted by molar-refractivity contribution is 5.81. The van der Waals surface area contributed by atoms with Crippen LogP contribution < -0.4 is 11.1 Å². The Hall–Kier alpha value is -1.65. The van der Waals surface area contributed by atoms with E-state index in [1.165, 1.54) is 0 Å². The molecule has 2 atom stereocenters. The van der Waals surface area contributed by atoms with E-state index in [9.17, 15) is 14.9 Å². The number of carbonyl (C=O) groups is 2. The number of hydrogen-bond donors (Lipinski definition) is 2. The van der Waals surface area contributed by atoms with E-state index in [1.54, 1.807) is 0 Å². The first kappa shape index (κ1) is 19.1. The van der Waals surface area contributed by atoms with Crippen molar-refractivity contribution in [1.82, 2.24) is 5.32 Å². The van der Waals surface area contributed by atoms with Crippen molar-refractivity contribution in [3.05, 3.63) is 0 Å². The van der Waals surface area contributed by atoms with E-state index in [2.05, 4.69) is 25.2 Å². The van der Waals surface area contributed by atoms with Crippen molar-refractivity contribution in [3.63, 3.8) is 0 Å². The molecule has 3 aliphatic rings. The molecule has 0 radical (unpaired) electrons. The molecule has 7 nitrogen and oxygen atoms in total. The maximum absolute atomic E-state index is 12.8. The van der Waals surface area contributed by atoms with E-state index >= 15 is 0 Å². The summed E-state index contributed by atoms with van der Waals surface area (Å²) in [5.41, 5.74) is 4.72. The van der Waals surface area contributed by atoms with Gasteiger partial charge in [-0.1, -0.05) is 13.8 Å². The zero-order valence-electron chi connectivity index (χ0n) is 15.6. The van der Waals surface area contributed by atoms with Crippen LogP contribution in [0.15, 0.2) is 0 Å². The largest absolute Gasteiger partial charge is 0.369 e. The van der Waals surface area contributed by atoms with Gasteiger partial charge in [0.05, 0.1) is 24.7 Å². The Morgan fingerprint density at radius 3 is 2.42 bits per heavy atom. The Morgan fingerprint density at radius 1 is 1.27 bits per heavy atom. The Kier molecular flexibility index (Phi) is 5.27. The molecule has 7 heteroatoms. The van der Waals surface area contributed by atoms with Gasteiger partial charge in [-0.05, 0) is 38.0 Å². The van der Waals surface area contributed by atoms with Crippen LogP contribution in [0.2, 0.25) is 0 Å². The molecule has 1 aliphatic heterocycles. The predicted molar refractivity (Wildman–Crippen MR) is 93.4 cm³/mol. The molecule has 3 rings (SSSR count). The number of nitrogens with one attached hydrogen (secondary N) is 1. The highest BCUT2D eigenvalue weighted by atomic mass is 16.7. The van der Waals surface area contributed by atoms with Crippen molar-refractivity contribution in [3.8, 4) is 6.07 Å². The molecule has 2 saturated carbocycles. The van der Waals surface area contributed by atoms with Gasteiger partial charge in [0.1, 0.15) is 5.54 Å². The summed E-state index contributed by atoms with van der Waals surface area (Å²) in [4.78, 5) is 24.2. The van der Waals surface area contributed by atoms with Crippen molar-refractivity contribution in [2.24, 2.45) is 23.5 Å². The van der Waals surface area contributed by atoms with Crippen LogP contribution in [-0.2, 0) is 19.1 Å². The third-order valence-corrected chi connectivity index (χ3v) is 5.86. The van der Waals surface area contributed by atoms with Gasteiger partial charge < -0.3 is 20.5 Å². The zero-order valence-corrected chi connectivity index (χ0v) is 15.6. The number of nitrogens with two attached hydrogens (primary N) is 1. The monoisotopic (exact) mass is 363 g/mol. The normalized spacial score (nSPS) is 33.6. The van der Waals surface area contributed by atoms with Crippen LogP contribution in [0.4, 0.5) is 0 Å². The Labute approximate surface area is 154 Å². The van der Waals surface area contributed by atoms with Crippen LogP contribution in [0.5, 0.6) is 0 Å². The molecule has 144 valence electrons. The van der Waals surface area contributed by atoms with Crippen LogP contribution in [0.3, 0.4) is 0 Å². The van der Waals surface area contributed by atoms with Gasteiger partial charge in [-0.15, -0.1) is 0 Å². The van der Waals surface area contributed by atoms with E-state index in [0.29, 0.717) is 57.5 Å². The lowest BCUT2D eigenvalue weighted by molar-refractivity contribution is -0.197. The van der Waals surface area contributed by atoms with Gasteiger partial charge in [0.25, 0.3) is 0 Å². The number of rotatable bonds is 6. The number of primary amides is 1. The summed E-state index contributed by atoms with van der Waals surface area (Å²) in [6.07, 6.45) is 4.33. The SMILES string of the molecule is CC(C)C[C@H](C(=O)NC1(C#N)CC1)C1COC2(CCC(C(N)=O)CC2)O1. The predicted octanol–water partition coefficient (Wildman–Crippen LogP) is 1.61. The molecule has 2 aliphatic carbocycles. The van der Waals surface area contributed by atoms with E-state index in [-0.39, 0.29) is 29.8 Å². The maximum Gasteiger partial charge on any atom is 0.227 e. The summed E-state index contributed by atoms with van der Waals surface area (Å²) in [6, 6.07) is 2.21. The van der Waals surface area contributed by atoms with E-state index in [1.807, 2.05) is 0 Å². The minimum absolute atomic E-state index is 0.116. The first-order valence-electron chi connectivity index (χ1n) is 9.62. The van der Waals surface area contributed by atoms with Gasteiger partial charge in [-0.2, -0.15) is 5.26 Å². The molecule has 1 spiro atoms. The number of nitrogens with zero attached hydrogens (tertiary/aromatic N) is 1. The Bertz CT molecular complexity index is 600. The molecule has 3 N–H and O–H groups in total. The third kappa shape index (κ3) is 4.02. The average molecular weight is 363 g/mol. The lowest BCUT2D eigenvalue weighted by atomic mass is 9.84. The molecule has 0 aromatic carbocycles. The molecule has 0 aromatic rings. The van der Waals surface area contributed by atoms with Crippen molar-refractivity contribution in [1.29, 1.82) is 5.26 Å². The smallest absolute Gasteiger partial charge is 0.227 e. The minimum Gasteiger partial charge on any atom is -0.369 e. The van der Waals surface area contributed by atoms with Gasteiger partial charge >= 0.3 is 0 Å². The molecular weight excluding hydrogens is 334 g/mol. The highest BCUT2D eigenvalue weighted by Crippen LogP contribution is 2.42. The lowest BCUT2D eigenvalue weighted by Gasteiger charge is -2.35. The fraction of sp³-hybridized carbons (Fsp3) is 0.842. The molecule has 26 heavy (non-hydrogen) atoms. The van der Waals surface area contributed by atoms with Gasteiger partial charge in [0.15, 0.2) is 5.79 Å². The van der Waals surface area contributed by atoms with Gasteiger partial charge in [0.2, 0.25) is 11.8 Å². The molecule has 1 unspecified atom stereocenters. The molecule has 3 fully saturated rings. The van der Waals surface area contributed by atoms with Crippen LogP contribution in [-0.4, -0.2) is 35.9 Å². The minimum atomic E-state index is -0.696. The second kappa shape index (κ2) is 7.16. The molecule has 0 bridgehead atoms. The molecule has 0 aromatic heterocycles. The first-order chi connectivity index (χ1) is 12.3. The van der Waals surface area contributed by atoms with Gasteiger partial charge in [-0.3, -0.25) is 9.59 Å². The second-order valence-corrected chi connectivity index (χ2v) is 8.47. The zero-order chi connectivity index (χ0) is 18.9. The summed E-state index contributed by atoms with van der Waals surface area (Å²) >= 11 is 0. The first-order valence-corrected chi connectivity index (χ1v) is 9.62. The topological polar surface area (TPSA) is 114 Å². The van der Waals surface area contributed by atoms with Crippen LogP contribution in [0.1, 0.15) is 58.8 Å². The average Bonchev–Trinajstić information content (AvgIpc) is 3.26. The van der Waals surface area contributed by atoms with Crippen molar-refractivity contribution in [2.75, 3.05) is 6.61 Å². The van der Waals surface area contributed by atoms with Crippen LogP contribution in [0, 0.1) is 29.1 Å². The molecule has 1 heterocycles. The number of ether oxygens (including phenoxy) is 2. The van der Waals surface area contributed by atoms with Gasteiger partial charge in [0, 0.05) is 18.8 Å². The van der Waals surface area contributed by atoms with Gasteiger partial charge in [-0.25, -0.2) is 0 Å². The molecule has 1 saturated heterocycles. The summed E-state index contributed by atoms with van der Waals surface area (Å²) in [6.45, 7) is 4.51. The Balaban J connectivity index is 1.64. The van der Waals surface area contributed by atoms with E-state index in [0.717, 1.165) is 0 Å². The second-order valence-electron chi connectivity index (χ2n) is 8.47. The summed E-state index contributed by atoms with van der Waals surface area (Å²) < 4.78 is 12.2. The van der Waals surface area contributed by atoms with Crippen molar-refractivity contribution >= 4 is 11.8 Å². The quantitative estimate of drug-likeness (QED) is 0.744. The summed E-state index contributed by atoms with van der Waals surface area (Å²) in [5, 5.41) is 12.2. The standard InChI is InChI=1S/C19H29N3O4/c1-12(2)9-14(17(24)22-18(11-20)7-8-18)15-10-25-19(26-15)5-3-13(4-6-19)16(21)23/h12-15H,3-10H2,1-2H3,(H2,21,23)(H,22,24)/t13?,14-,15?,19?/m0/s1. The van der Waals surface area contributed by atoms with E-state index < -0.39 is 11.3 Å². The molecular formula is C19H29N3O4. The third-order valence-electron chi connectivity index (χ3n) is 5.86. The molecule has 2 amide bonds. The number of hydrogen-bond acceptors (Lipinski definition) is 5. The fourth-order valence-corrected chi connectivity index (χ4v) is 4.03. The number of carbonyl (C=O) groups excluding carboxylic acids is 2. The number of amides is 2. The maximum atomic E-state index is 12.8. The number of nitriles is 1. The van der Waals surface area contributed by atoms with E-state index in [4.69, 9.17) is 15.2 Å². The van der Waals surface area contributed by atoms with Crippen molar-refractivity contribution in [2.45, 2.75) is 76.2 Å². The van der Waals surface area contributed by atoms with Crippen LogP contribution in [0.25, 0.3) is 0 Å². The highest BCUT2D eigenvalue weighted by Gasteiger charge is 2.50. The summed E-state index contributed by atoms with van der Waals surface area (Å²) in [7, 11) is 0.